The minimum atomic E-state index is -3.75. The van der Waals surface area contributed by atoms with E-state index in [1.807, 2.05) is 0 Å². The van der Waals surface area contributed by atoms with Crippen LogP contribution in [0.2, 0.25) is 0 Å². The van der Waals surface area contributed by atoms with Crippen molar-refractivity contribution in [3.8, 4) is 0 Å². The zero-order valence-corrected chi connectivity index (χ0v) is 11.6. The molecule has 5 nitrogen and oxygen atoms in total. The van der Waals surface area contributed by atoms with Crippen LogP contribution in [0.3, 0.4) is 0 Å². The van der Waals surface area contributed by atoms with Crippen LogP contribution in [0.15, 0.2) is 29.2 Å². The normalized spacial score (nSPS) is 24.7. The van der Waals surface area contributed by atoms with E-state index >= 15 is 0 Å². The van der Waals surface area contributed by atoms with Crippen molar-refractivity contribution in [2.45, 2.75) is 49.1 Å². The number of nitrogens with two attached hydrogens (primary N) is 1. The maximum Gasteiger partial charge on any atom is 0.240 e. The molecule has 0 radical (unpaired) electrons. The highest BCUT2D eigenvalue weighted by Gasteiger charge is 2.23. The molecule has 0 aliphatic heterocycles. The van der Waals surface area contributed by atoms with Crippen LogP contribution < -0.4 is 10.5 Å². The molecule has 0 spiro atoms. The lowest BCUT2D eigenvalue weighted by atomic mass is 10.1. The van der Waals surface area contributed by atoms with Crippen LogP contribution in [-0.4, -0.2) is 25.7 Å². The molecule has 1 aromatic carbocycles. The fraction of sp³-hybridized carbons (Fsp3) is 0.538. The lowest BCUT2D eigenvalue weighted by Gasteiger charge is -2.24. The summed E-state index contributed by atoms with van der Waals surface area (Å²) in [6, 6.07) is 6.41. The summed E-state index contributed by atoms with van der Waals surface area (Å²) >= 11 is 0. The van der Waals surface area contributed by atoms with Gasteiger partial charge in [-0.3, -0.25) is 0 Å². The van der Waals surface area contributed by atoms with E-state index in [-0.39, 0.29) is 10.9 Å². The number of benzene rings is 1. The van der Waals surface area contributed by atoms with E-state index < -0.39 is 16.1 Å². The van der Waals surface area contributed by atoms with Crippen LogP contribution >= 0.6 is 0 Å². The average Bonchev–Trinajstić information content (AvgIpc) is 2.54. The van der Waals surface area contributed by atoms with Gasteiger partial charge in [0.2, 0.25) is 10.0 Å². The molecule has 2 atom stereocenters. The molecule has 6 heteroatoms. The number of anilines is 1. The third kappa shape index (κ3) is 3.68. The zero-order chi connectivity index (χ0) is 13.9. The van der Waals surface area contributed by atoms with Gasteiger partial charge in [-0.1, -0.05) is 31.4 Å². The number of sulfonamides is 1. The van der Waals surface area contributed by atoms with Gasteiger partial charge in [0, 0.05) is 0 Å². The van der Waals surface area contributed by atoms with Gasteiger partial charge in [0.05, 0.1) is 17.8 Å². The van der Waals surface area contributed by atoms with Gasteiger partial charge in [-0.05, 0) is 25.0 Å². The van der Waals surface area contributed by atoms with Crippen molar-refractivity contribution in [3.63, 3.8) is 0 Å². The van der Waals surface area contributed by atoms with Crippen molar-refractivity contribution >= 4 is 15.7 Å². The third-order valence-corrected chi connectivity index (χ3v) is 4.48. The Labute approximate surface area is 113 Å². The van der Waals surface area contributed by atoms with Crippen molar-refractivity contribution in [1.82, 2.24) is 0 Å². The molecule has 2 rings (SSSR count). The average molecular weight is 284 g/mol. The Kier molecular flexibility index (Phi) is 4.44. The van der Waals surface area contributed by atoms with Crippen molar-refractivity contribution in [1.29, 1.82) is 0 Å². The zero-order valence-electron chi connectivity index (χ0n) is 10.7. The number of para-hydroxylation sites is 1. The van der Waals surface area contributed by atoms with Crippen molar-refractivity contribution in [2.75, 3.05) is 5.32 Å². The fourth-order valence-electron chi connectivity index (χ4n) is 2.49. The number of hydrogen-bond acceptors (Lipinski definition) is 4. The molecule has 2 unspecified atom stereocenters. The quantitative estimate of drug-likeness (QED) is 0.732. The van der Waals surface area contributed by atoms with Crippen LogP contribution in [-0.2, 0) is 10.0 Å². The van der Waals surface area contributed by atoms with Gasteiger partial charge in [0.15, 0.2) is 0 Å². The van der Waals surface area contributed by atoms with Gasteiger partial charge < -0.3 is 10.4 Å². The standard InChI is InChI=1S/C13H20N2O3S/c14-19(17,18)13-9-5-4-7-11(13)15-10-6-2-1-3-8-12(10)16/h4-5,7,9-10,12,15-16H,1-3,6,8H2,(H2,14,17,18). The van der Waals surface area contributed by atoms with Gasteiger partial charge >= 0.3 is 0 Å². The molecule has 0 bridgehead atoms. The maximum atomic E-state index is 11.5. The largest absolute Gasteiger partial charge is 0.391 e. The second-order valence-electron chi connectivity index (χ2n) is 5.00. The molecule has 1 fully saturated rings. The number of aliphatic hydroxyl groups excluding tert-OH is 1. The van der Waals surface area contributed by atoms with Crippen LogP contribution in [0.5, 0.6) is 0 Å². The Bertz CT molecular complexity index is 530. The second-order valence-corrected chi connectivity index (χ2v) is 6.53. The molecule has 4 N–H and O–H groups in total. The van der Waals surface area contributed by atoms with E-state index in [0.717, 1.165) is 32.1 Å². The predicted octanol–water partition coefficient (Wildman–Crippen LogP) is 1.44. The highest BCUT2D eigenvalue weighted by Crippen LogP contribution is 2.25. The first kappa shape index (κ1) is 14.3. The van der Waals surface area contributed by atoms with Gasteiger partial charge in [0.25, 0.3) is 0 Å². The van der Waals surface area contributed by atoms with E-state index in [0.29, 0.717) is 5.69 Å². The summed E-state index contributed by atoms with van der Waals surface area (Å²) < 4.78 is 23.0. The molecule has 1 aliphatic rings. The van der Waals surface area contributed by atoms with Gasteiger partial charge in [0.1, 0.15) is 4.90 Å². The van der Waals surface area contributed by atoms with Gasteiger partial charge in [-0.15, -0.1) is 0 Å². The number of primary sulfonamides is 1. The fourth-order valence-corrected chi connectivity index (χ4v) is 3.19. The molecule has 0 amide bonds. The van der Waals surface area contributed by atoms with Crippen LogP contribution in [0, 0.1) is 0 Å². The van der Waals surface area contributed by atoms with Crippen molar-refractivity contribution in [3.05, 3.63) is 24.3 Å². The van der Waals surface area contributed by atoms with Gasteiger partial charge in [-0.25, -0.2) is 13.6 Å². The topological polar surface area (TPSA) is 92.4 Å². The van der Waals surface area contributed by atoms with E-state index in [4.69, 9.17) is 5.14 Å². The molecule has 0 saturated heterocycles. The summed E-state index contributed by atoms with van der Waals surface area (Å²) in [5.41, 5.74) is 0.468. The predicted molar refractivity (Wildman–Crippen MR) is 74.3 cm³/mol. The molecule has 1 aliphatic carbocycles. The summed E-state index contributed by atoms with van der Waals surface area (Å²) in [5.74, 6) is 0. The molecule has 1 aromatic rings. The molecule has 106 valence electrons. The smallest absolute Gasteiger partial charge is 0.240 e. The van der Waals surface area contributed by atoms with Crippen LogP contribution in [0.1, 0.15) is 32.1 Å². The van der Waals surface area contributed by atoms with E-state index in [2.05, 4.69) is 5.32 Å². The van der Waals surface area contributed by atoms with E-state index in [1.54, 1.807) is 18.2 Å². The summed E-state index contributed by atoms with van der Waals surface area (Å²) in [4.78, 5) is 0.0754. The Morgan fingerprint density at radius 1 is 1.16 bits per heavy atom. The van der Waals surface area contributed by atoms with Crippen LogP contribution in [0.25, 0.3) is 0 Å². The lowest BCUT2D eigenvalue weighted by Crippen LogP contribution is -2.33. The Morgan fingerprint density at radius 3 is 2.58 bits per heavy atom. The van der Waals surface area contributed by atoms with Crippen LogP contribution in [0.4, 0.5) is 5.69 Å². The minimum absolute atomic E-state index is 0.0754. The summed E-state index contributed by atoms with van der Waals surface area (Å²) in [6.45, 7) is 0. The lowest BCUT2D eigenvalue weighted by molar-refractivity contribution is 0.144. The van der Waals surface area contributed by atoms with Crippen molar-refractivity contribution < 1.29 is 13.5 Å². The first-order valence-corrected chi connectivity index (χ1v) is 8.09. The third-order valence-electron chi connectivity index (χ3n) is 3.51. The monoisotopic (exact) mass is 284 g/mol. The first-order chi connectivity index (χ1) is 8.98. The van der Waals surface area contributed by atoms with Gasteiger partial charge in [-0.2, -0.15) is 0 Å². The molecular formula is C13H20N2O3S. The van der Waals surface area contributed by atoms with E-state index in [9.17, 15) is 13.5 Å². The SMILES string of the molecule is NS(=O)(=O)c1ccccc1NC1CCCCCC1O. The molecular weight excluding hydrogens is 264 g/mol. The number of hydrogen-bond donors (Lipinski definition) is 3. The molecule has 0 heterocycles. The Balaban J connectivity index is 2.23. The maximum absolute atomic E-state index is 11.5. The number of aliphatic hydroxyl groups is 1. The Morgan fingerprint density at radius 2 is 1.84 bits per heavy atom. The molecule has 0 aromatic heterocycles. The van der Waals surface area contributed by atoms with Crippen molar-refractivity contribution in [2.24, 2.45) is 5.14 Å². The summed E-state index contributed by atoms with van der Waals surface area (Å²) in [7, 11) is -3.75. The second kappa shape index (κ2) is 5.90. The summed E-state index contributed by atoms with van der Waals surface area (Å²) in [6.07, 6.45) is 4.28. The molecule has 1 saturated carbocycles. The number of rotatable bonds is 3. The minimum Gasteiger partial charge on any atom is -0.391 e. The molecule has 19 heavy (non-hydrogen) atoms. The Hall–Kier alpha value is -1.11. The summed E-state index contributed by atoms with van der Waals surface area (Å²) in [5, 5.41) is 18.4. The number of nitrogens with one attached hydrogen (secondary N) is 1. The van der Waals surface area contributed by atoms with E-state index in [1.165, 1.54) is 6.07 Å². The highest BCUT2D eigenvalue weighted by molar-refractivity contribution is 7.89. The first-order valence-electron chi connectivity index (χ1n) is 6.55. The highest BCUT2D eigenvalue weighted by atomic mass is 32.2.